The fraction of sp³-hybridized carbons (Fsp3) is 0.643. The van der Waals surface area contributed by atoms with Gasteiger partial charge in [-0.3, -0.25) is 4.79 Å². The Kier molecular flexibility index (Phi) is 4.88. The van der Waals surface area contributed by atoms with Crippen molar-refractivity contribution in [1.29, 1.82) is 0 Å². The van der Waals surface area contributed by atoms with E-state index in [0.717, 1.165) is 12.8 Å². The van der Waals surface area contributed by atoms with Gasteiger partial charge >= 0.3 is 0 Å². The van der Waals surface area contributed by atoms with Gasteiger partial charge in [0, 0.05) is 30.5 Å². The van der Waals surface area contributed by atoms with Crippen LogP contribution in [0.15, 0.2) is 23.6 Å². The topological polar surface area (TPSA) is 92.3 Å². The molecule has 3 heterocycles. The number of piperidine rings is 1. The number of carbonyl (C=O) groups is 1. The van der Waals surface area contributed by atoms with Gasteiger partial charge < -0.3 is 5.32 Å². The quantitative estimate of drug-likeness (QED) is 0.615. The number of carbonyl (C=O) groups excluding carboxylic acids is 1. The molecule has 2 fully saturated rings. The van der Waals surface area contributed by atoms with Gasteiger partial charge in [-0.15, -0.1) is 0 Å². The number of sulfonamides is 1. The van der Waals surface area contributed by atoms with Gasteiger partial charge in [0.2, 0.25) is 15.9 Å². The number of fused-ring (bicyclic) bond motifs is 2. The Hall–Kier alpha value is -1.19. The van der Waals surface area contributed by atoms with E-state index in [-0.39, 0.29) is 29.8 Å². The fourth-order valence-corrected chi connectivity index (χ4v) is 5.63. The molecule has 9 heteroatoms. The van der Waals surface area contributed by atoms with E-state index in [0.29, 0.717) is 18.0 Å². The predicted octanol–water partition coefficient (Wildman–Crippen LogP) is 0.640. The molecular formula is C14H20N4O3S2. The minimum absolute atomic E-state index is 0.0270. The van der Waals surface area contributed by atoms with Crippen LogP contribution in [0, 0.1) is 0 Å². The summed E-state index contributed by atoms with van der Waals surface area (Å²) in [6.45, 7) is 0. The molecule has 2 atom stereocenters. The minimum Gasteiger partial charge on any atom is -0.353 e. The summed E-state index contributed by atoms with van der Waals surface area (Å²) in [5.74, 6) is 0.214. The second-order valence-corrected chi connectivity index (χ2v) is 8.86. The zero-order chi connectivity index (χ0) is 16.4. The molecule has 0 aliphatic carbocycles. The molecule has 7 nitrogen and oxygen atoms in total. The minimum atomic E-state index is -3.16. The third-order valence-corrected chi connectivity index (χ3v) is 6.53. The zero-order valence-corrected chi connectivity index (χ0v) is 14.5. The normalized spacial score (nSPS) is 27.8. The summed E-state index contributed by atoms with van der Waals surface area (Å²) < 4.78 is 25.4. The smallest absolute Gasteiger partial charge is 0.230 e. The SMILES string of the molecule is CS(=O)(=O)N1C2CCC1CC(NC(=O)CSc1ncccn1)C2. The number of nitrogens with zero attached hydrogens (tertiary/aromatic N) is 3. The van der Waals surface area contributed by atoms with Crippen LogP contribution in [-0.2, 0) is 14.8 Å². The van der Waals surface area contributed by atoms with Gasteiger partial charge in [0.1, 0.15) is 0 Å². The van der Waals surface area contributed by atoms with Gasteiger partial charge in [0.15, 0.2) is 5.16 Å². The van der Waals surface area contributed by atoms with E-state index >= 15 is 0 Å². The Bertz CT molecular complexity index is 654. The average molecular weight is 356 g/mol. The van der Waals surface area contributed by atoms with E-state index in [4.69, 9.17) is 0 Å². The highest BCUT2D eigenvalue weighted by Crippen LogP contribution is 2.37. The van der Waals surface area contributed by atoms with Crippen LogP contribution < -0.4 is 5.32 Å². The molecule has 2 saturated heterocycles. The van der Waals surface area contributed by atoms with Crippen molar-refractivity contribution in [2.75, 3.05) is 12.0 Å². The molecule has 1 aromatic rings. The largest absolute Gasteiger partial charge is 0.353 e. The van der Waals surface area contributed by atoms with Gasteiger partial charge in [-0.2, -0.15) is 4.31 Å². The Labute approximate surface area is 140 Å². The molecule has 0 aromatic carbocycles. The first-order chi connectivity index (χ1) is 10.9. The number of amides is 1. The first kappa shape index (κ1) is 16.7. The molecule has 2 aliphatic rings. The molecule has 2 bridgehead atoms. The first-order valence-electron chi connectivity index (χ1n) is 7.61. The highest BCUT2D eigenvalue weighted by Gasteiger charge is 2.45. The fourth-order valence-electron chi connectivity index (χ4n) is 3.55. The van der Waals surface area contributed by atoms with Gasteiger partial charge in [-0.05, 0) is 31.7 Å². The second-order valence-electron chi connectivity index (χ2n) is 6.03. The molecule has 0 saturated carbocycles. The van der Waals surface area contributed by atoms with Crippen molar-refractivity contribution in [2.45, 2.75) is 49.0 Å². The molecule has 2 aliphatic heterocycles. The molecule has 23 heavy (non-hydrogen) atoms. The third-order valence-electron chi connectivity index (χ3n) is 4.29. The van der Waals surface area contributed by atoms with E-state index in [1.807, 2.05) is 0 Å². The van der Waals surface area contributed by atoms with E-state index in [9.17, 15) is 13.2 Å². The molecule has 1 aromatic heterocycles. The van der Waals surface area contributed by atoms with Crippen LogP contribution in [-0.4, -0.2) is 58.7 Å². The number of nitrogens with one attached hydrogen (secondary N) is 1. The number of rotatable bonds is 5. The van der Waals surface area contributed by atoms with Crippen molar-refractivity contribution >= 4 is 27.7 Å². The van der Waals surface area contributed by atoms with Gasteiger partial charge in [0.05, 0.1) is 12.0 Å². The van der Waals surface area contributed by atoms with Crippen LogP contribution >= 0.6 is 11.8 Å². The molecule has 1 N–H and O–H groups in total. The standard InChI is InChI=1S/C14H20N4O3S2/c1-23(20,21)18-11-3-4-12(18)8-10(7-11)17-13(19)9-22-14-15-5-2-6-16-14/h2,5-6,10-12H,3-4,7-9H2,1H3,(H,17,19). The number of thioether (sulfide) groups is 1. The zero-order valence-electron chi connectivity index (χ0n) is 12.9. The number of hydrogen-bond donors (Lipinski definition) is 1. The second kappa shape index (κ2) is 6.74. The highest BCUT2D eigenvalue weighted by molar-refractivity contribution is 7.99. The van der Waals surface area contributed by atoms with E-state index in [1.165, 1.54) is 18.0 Å². The van der Waals surface area contributed by atoms with Crippen molar-refractivity contribution in [2.24, 2.45) is 0 Å². The Balaban J connectivity index is 1.51. The third kappa shape index (κ3) is 4.02. The summed E-state index contributed by atoms with van der Waals surface area (Å²) in [5.41, 5.74) is 0. The van der Waals surface area contributed by atoms with Crippen molar-refractivity contribution in [1.82, 2.24) is 19.6 Å². The van der Waals surface area contributed by atoms with E-state index in [1.54, 1.807) is 22.8 Å². The lowest BCUT2D eigenvalue weighted by Gasteiger charge is -2.37. The number of hydrogen-bond acceptors (Lipinski definition) is 6. The Morgan fingerprint density at radius 1 is 1.30 bits per heavy atom. The number of aromatic nitrogens is 2. The van der Waals surface area contributed by atoms with Crippen LogP contribution in [0.2, 0.25) is 0 Å². The van der Waals surface area contributed by atoms with E-state index in [2.05, 4.69) is 15.3 Å². The van der Waals surface area contributed by atoms with Crippen LogP contribution in [0.25, 0.3) is 0 Å². The lowest BCUT2D eigenvalue weighted by molar-refractivity contribution is -0.119. The predicted molar refractivity (Wildman–Crippen MR) is 87.4 cm³/mol. The van der Waals surface area contributed by atoms with E-state index < -0.39 is 10.0 Å². The summed E-state index contributed by atoms with van der Waals surface area (Å²) >= 11 is 1.30. The monoisotopic (exact) mass is 356 g/mol. The summed E-state index contributed by atoms with van der Waals surface area (Å²) in [7, 11) is -3.16. The molecule has 126 valence electrons. The average Bonchev–Trinajstić information content (AvgIpc) is 2.79. The van der Waals surface area contributed by atoms with Gasteiger partial charge in [-0.1, -0.05) is 11.8 Å². The maximum absolute atomic E-state index is 12.1. The maximum atomic E-state index is 12.1. The van der Waals surface area contributed by atoms with Crippen molar-refractivity contribution in [3.63, 3.8) is 0 Å². The first-order valence-corrected chi connectivity index (χ1v) is 10.4. The van der Waals surface area contributed by atoms with Crippen LogP contribution in [0.5, 0.6) is 0 Å². The van der Waals surface area contributed by atoms with Crippen molar-refractivity contribution < 1.29 is 13.2 Å². The summed E-state index contributed by atoms with van der Waals surface area (Å²) in [4.78, 5) is 20.2. The maximum Gasteiger partial charge on any atom is 0.230 e. The van der Waals surface area contributed by atoms with Gasteiger partial charge in [0.25, 0.3) is 0 Å². The van der Waals surface area contributed by atoms with Crippen LogP contribution in [0.1, 0.15) is 25.7 Å². The summed E-state index contributed by atoms with van der Waals surface area (Å²) in [6, 6.07) is 1.84. The summed E-state index contributed by atoms with van der Waals surface area (Å²) in [5, 5.41) is 3.60. The highest BCUT2D eigenvalue weighted by atomic mass is 32.2. The van der Waals surface area contributed by atoms with Crippen molar-refractivity contribution in [3.05, 3.63) is 18.5 Å². The Morgan fingerprint density at radius 2 is 1.91 bits per heavy atom. The molecule has 2 unspecified atom stereocenters. The molecule has 3 rings (SSSR count). The van der Waals surface area contributed by atoms with Crippen molar-refractivity contribution in [3.8, 4) is 0 Å². The molecular weight excluding hydrogens is 336 g/mol. The van der Waals surface area contributed by atoms with Crippen LogP contribution in [0.4, 0.5) is 0 Å². The van der Waals surface area contributed by atoms with Crippen LogP contribution in [0.3, 0.4) is 0 Å². The molecule has 0 radical (unpaired) electrons. The Morgan fingerprint density at radius 3 is 2.48 bits per heavy atom. The summed E-state index contributed by atoms with van der Waals surface area (Å²) in [6.07, 6.45) is 7.72. The molecule has 0 spiro atoms. The molecule has 1 amide bonds. The van der Waals surface area contributed by atoms with Gasteiger partial charge in [-0.25, -0.2) is 18.4 Å². The lowest BCUT2D eigenvalue weighted by Crippen LogP contribution is -2.52. The lowest BCUT2D eigenvalue weighted by atomic mass is 10.00.